The largest absolute Gasteiger partial charge is 0.508 e. The van der Waals surface area contributed by atoms with Crippen LogP contribution in [0.4, 0.5) is 14.6 Å². The Kier molecular flexibility index (Phi) is 7.89. The molecule has 9 nitrogen and oxygen atoms in total. The number of aromatic hydroxyl groups is 1. The van der Waals surface area contributed by atoms with Gasteiger partial charge < -0.3 is 24.2 Å². The van der Waals surface area contributed by atoms with Gasteiger partial charge in [-0.25, -0.2) is 13.8 Å². The molecule has 4 aliphatic rings. The monoisotopic (exact) mass is 645 g/mol. The van der Waals surface area contributed by atoms with Crippen LogP contribution in [-0.4, -0.2) is 89.2 Å². The van der Waals surface area contributed by atoms with Crippen molar-refractivity contribution in [2.24, 2.45) is 0 Å². The van der Waals surface area contributed by atoms with E-state index in [0.717, 1.165) is 45.1 Å². The number of benzene rings is 2. The quantitative estimate of drug-likeness (QED) is 0.262. The highest BCUT2D eigenvalue weighted by atomic mass is 19.1. The molecule has 0 saturated carbocycles. The number of aromatic nitrogens is 3. The van der Waals surface area contributed by atoms with Crippen LogP contribution in [0.5, 0.6) is 11.8 Å². The summed E-state index contributed by atoms with van der Waals surface area (Å²) in [5, 5.41) is 12.5. The van der Waals surface area contributed by atoms with Gasteiger partial charge in [-0.05, 0) is 92.4 Å². The molecule has 3 atom stereocenters. The summed E-state index contributed by atoms with van der Waals surface area (Å²) in [5.41, 5.74) is 1.51. The molecule has 1 N–H and O–H groups in total. The lowest BCUT2D eigenvalue weighted by Crippen LogP contribution is -2.47. The molecule has 4 aliphatic heterocycles. The number of phenolic OH excluding ortho intramolecular Hbond substituents is 1. The van der Waals surface area contributed by atoms with Crippen LogP contribution in [0.25, 0.3) is 32.9 Å². The SMILES string of the molecule is CCc1c(F)ccc2cc(O)cc(-c3nc4c5c(nc(OCC67CCCN6[C@H](COC)CC7)nc5c3F)N3CCCOCC3CC4)c12. The van der Waals surface area contributed by atoms with E-state index >= 15 is 8.78 Å². The van der Waals surface area contributed by atoms with Crippen molar-refractivity contribution in [1.82, 2.24) is 19.9 Å². The van der Waals surface area contributed by atoms with Gasteiger partial charge in [0.1, 0.15) is 35.2 Å². The second-order valence-corrected chi connectivity index (χ2v) is 13.5. The smallest absolute Gasteiger partial charge is 0.319 e. The van der Waals surface area contributed by atoms with Crippen LogP contribution in [0.3, 0.4) is 0 Å². The number of anilines is 1. The van der Waals surface area contributed by atoms with Crippen molar-refractivity contribution in [3.63, 3.8) is 0 Å². The van der Waals surface area contributed by atoms with E-state index in [-0.39, 0.29) is 40.4 Å². The van der Waals surface area contributed by atoms with Crippen LogP contribution >= 0.6 is 0 Å². The van der Waals surface area contributed by atoms with Crippen molar-refractivity contribution in [3.05, 3.63) is 47.2 Å². The standard InChI is InChI=1S/C36H41F2N5O4/c1-3-25-27(37)8-6-21-16-24(44)17-26(29(21)25)32-31(38)33-30-28(39-32)9-7-22-19-46-15-5-13-42(22)34(30)41-35(40-33)47-20-36-11-4-14-43(36)23(10-12-36)18-45-2/h6,8,16-17,22-23,44H,3-5,7,9-15,18-20H2,1-2H3/t22?,23-,36?/m0/s1. The summed E-state index contributed by atoms with van der Waals surface area (Å²) in [7, 11) is 1.75. The van der Waals surface area contributed by atoms with E-state index in [1.54, 1.807) is 19.2 Å². The van der Waals surface area contributed by atoms with E-state index in [1.165, 1.54) is 12.1 Å². The van der Waals surface area contributed by atoms with Gasteiger partial charge in [0.15, 0.2) is 5.82 Å². The van der Waals surface area contributed by atoms with Gasteiger partial charge in [0.05, 0.1) is 35.9 Å². The first kappa shape index (κ1) is 30.7. The summed E-state index contributed by atoms with van der Waals surface area (Å²) in [5.74, 6) is -0.437. The fourth-order valence-electron chi connectivity index (χ4n) is 8.70. The van der Waals surface area contributed by atoms with Crippen LogP contribution in [0.2, 0.25) is 0 Å². The van der Waals surface area contributed by atoms with Gasteiger partial charge in [-0.2, -0.15) is 9.97 Å². The summed E-state index contributed by atoms with van der Waals surface area (Å²) >= 11 is 0. The molecule has 3 fully saturated rings. The topological polar surface area (TPSA) is 93.1 Å². The molecule has 2 aromatic heterocycles. The lowest BCUT2D eigenvalue weighted by molar-refractivity contribution is 0.0521. The number of hydrogen-bond acceptors (Lipinski definition) is 9. The van der Waals surface area contributed by atoms with Crippen molar-refractivity contribution >= 4 is 27.5 Å². The predicted molar refractivity (Wildman–Crippen MR) is 175 cm³/mol. The molecule has 8 rings (SSSR count). The first-order valence-corrected chi connectivity index (χ1v) is 17.0. The highest BCUT2D eigenvalue weighted by Crippen LogP contribution is 2.44. The molecule has 0 aliphatic carbocycles. The number of hydrogen-bond donors (Lipinski definition) is 1. The third-order valence-corrected chi connectivity index (χ3v) is 10.9. The van der Waals surface area contributed by atoms with Crippen molar-refractivity contribution in [2.75, 3.05) is 51.5 Å². The van der Waals surface area contributed by atoms with Crippen molar-refractivity contribution in [3.8, 4) is 23.0 Å². The zero-order valence-electron chi connectivity index (χ0n) is 27.0. The molecule has 2 aromatic carbocycles. The van der Waals surface area contributed by atoms with Gasteiger partial charge in [0.25, 0.3) is 0 Å². The molecular weight excluding hydrogens is 604 g/mol. The maximum atomic E-state index is 17.1. The summed E-state index contributed by atoms with van der Waals surface area (Å²) in [6.07, 6.45) is 6.68. The molecular formula is C36H41F2N5O4. The minimum atomic E-state index is -0.637. The molecule has 11 heteroatoms. The second kappa shape index (κ2) is 12.1. The lowest BCUT2D eigenvalue weighted by Gasteiger charge is -2.34. The first-order valence-electron chi connectivity index (χ1n) is 17.0. The van der Waals surface area contributed by atoms with E-state index in [0.29, 0.717) is 90.7 Å². The number of ether oxygens (including phenoxy) is 3. The fourth-order valence-corrected chi connectivity index (χ4v) is 8.70. The van der Waals surface area contributed by atoms with E-state index in [9.17, 15) is 5.11 Å². The van der Waals surface area contributed by atoms with Gasteiger partial charge in [-0.1, -0.05) is 13.0 Å². The number of halogens is 2. The second-order valence-electron chi connectivity index (χ2n) is 13.5. The number of rotatable bonds is 7. The van der Waals surface area contributed by atoms with Gasteiger partial charge in [-0.3, -0.25) is 4.90 Å². The Labute approximate surface area is 272 Å². The Morgan fingerprint density at radius 3 is 2.81 bits per heavy atom. The van der Waals surface area contributed by atoms with Crippen molar-refractivity contribution < 1.29 is 28.1 Å². The molecule has 0 bridgehead atoms. The minimum Gasteiger partial charge on any atom is -0.508 e. The van der Waals surface area contributed by atoms with E-state index in [4.69, 9.17) is 29.2 Å². The van der Waals surface area contributed by atoms with Gasteiger partial charge in [0.2, 0.25) is 0 Å². The fraction of sp³-hybridized carbons (Fsp3) is 0.528. The molecule has 6 heterocycles. The van der Waals surface area contributed by atoms with E-state index in [1.807, 2.05) is 6.92 Å². The lowest BCUT2D eigenvalue weighted by atomic mass is 9.94. The van der Waals surface area contributed by atoms with Gasteiger partial charge in [-0.15, -0.1) is 0 Å². The number of fused-ring (bicyclic) bond motifs is 4. The Balaban J connectivity index is 1.30. The summed E-state index contributed by atoms with van der Waals surface area (Å²) < 4.78 is 50.2. The van der Waals surface area contributed by atoms with E-state index < -0.39 is 5.82 Å². The van der Waals surface area contributed by atoms with Gasteiger partial charge >= 0.3 is 6.01 Å². The average molecular weight is 646 g/mol. The van der Waals surface area contributed by atoms with E-state index in [2.05, 4.69) is 9.80 Å². The Hall–Kier alpha value is -3.67. The number of phenols is 1. The Morgan fingerprint density at radius 1 is 1.06 bits per heavy atom. The molecule has 4 aromatic rings. The zero-order chi connectivity index (χ0) is 32.3. The molecule has 0 spiro atoms. The predicted octanol–water partition coefficient (Wildman–Crippen LogP) is 5.95. The minimum absolute atomic E-state index is 0.0383. The third-order valence-electron chi connectivity index (χ3n) is 10.9. The Bertz CT molecular complexity index is 1860. The summed E-state index contributed by atoms with van der Waals surface area (Å²) in [6.45, 7) is 5.88. The molecule has 0 amide bonds. The van der Waals surface area contributed by atoms with Crippen LogP contribution in [0.1, 0.15) is 56.7 Å². The highest BCUT2D eigenvalue weighted by Gasteiger charge is 2.50. The maximum Gasteiger partial charge on any atom is 0.319 e. The number of nitrogens with zero attached hydrogens (tertiary/aromatic N) is 5. The highest BCUT2D eigenvalue weighted by molar-refractivity contribution is 6.02. The molecule has 248 valence electrons. The van der Waals surface area contributed by atoms with Crippen LogP contribution in [-0.2, 0) is 22.3 Å². The van der Waals surface area contributed by atoms with Crippen LogP contribution < -0.4 is 9.64 Å². The first-order chi connectivity index (χ1) is 22.9. The average Bonchev–Trinajstić information content (AvgIpc) is 3.48. The zero-order valence-corrected chi connectivity index (χ0v) is 27.0. The van der Waals surface area contributed by atoms with Crippen molar-refractivity contribution in [2.45, 2.75) is 75.9 Å². The number of pyridine rings is 1. The molecule has 47 heavy (non-hydrogen) atoms. The van der Waals surface area contributed by atoms with Gasteiger partial charge in [0, 0.05) is 31.9 Å². The summed E-state index contributed by atoms with van der Waals surface area (Å²) in [4.78, 5) is 19.4. The number of aryl methyl sites for hydroxylation is 2. The van der Waals surface area contributed by atoms with Crippen molar-refractivity contribution in [1.29, 1.82) is 0 Å². The molecule has 2 unspecified atom stereocenters. The molecule has 0 radical (unpaired) electrons. The Morgan fingerprint density at radius 2 is 1.96 bits per heavy atom. The number of methoxy groups -OCH3 is 1. The van der Waals surface area contributed by atoms with Crippen LogP contribution in [0.15, 0.2) is 24.3 Å². The summed E-state index contributed by atoms with van der Waals surface area (Å²) in [6, 6.07) is 6.59. The normalized spacial score (nSPS) is 24.4. The third kappa shape index (κ3) is 5.09. The van der Waals surface area contributed by atoms with Crippen LogP contribution in [0, 0.1) is 11.6 Å². The molecule has 3 saturated heterocycles. The maximum absolute atomic E-state index is 17.1.